The highest BCUT2D eigenvalue weighted by molar-refractivity contribution is 6.30. The molecule has 2 heterocycles. The maximum absolute atomic E-state index is 12.3. The van der Waals surface area contributed by atoms with Gasteiger partial charge < -0.3 is 19.0 Å². The van der Waals surface area contributed by atoms with Crippen LogP contribution in [0, 0.1) is 13.8 Å². The molecule has 1 aromatic carbocycles. The standard InChI is InChI=1S/C18H16ClN3O5/c1-9-14(17(23)25-3)10(2)20-15(9)18(24)26-8-13-21-16(22-27-13)11-4-6-12(19)7-5-11/h4-7,20H,8H2,1-3H3. The van der Waals surface area contributed by atoms with E-state index < -0.39 is 11.9 Å². The number of benzene rings is 1. The minimum atomic E-state index is -0.642. The Morgan fingerprint density at radius 1 is 1.19 bits per heavy atom. The number of carbonyl (C=O) groups excluding carboxylic acids is 2. The van der Waals surface area contributed by atoms with Gasteiger partial charge in [-0.05, 0) is 43.7 Å². The van der Waals surface area contributed by atoms with E-state index in [0.717, 1.165) is 5.56 Å². The zero-order valence-corrected chi connectivity index (χ0v) is 15.6. The average molecular weight is 390 g/mol. The van der Waals surface area contributed by atoms with Crippen LogP contribution < -0.4 is 0 Å². The first-order chi connectivity index (χ1) is 12.9. The number of rotatable bonds is 5. The van der Waals surface area contributed by atoms with Crippen LogP contribution in [0.3, 0.4) is 0 Å². The molecular weight excluding hydrogens is 374 g/mol. The van der Waals surface area contributed by atoms with Crippen LogP contribution >= 0.6 is 11.6 Å². The Kier molecular flexibility index (Phi) is 5.27. The highest BCUT2D eigenvalue weighted by Gasteiger charge is 2.23. The van der Waals surface area contributed by atoms with Crippen molar-refractivity contribution in [1.82, 2.24) is 15.1 Å². The minimum absolute atomic E-state index is 0.141. The second-order valence-corrected chi connectivity index (χ2v) is 6.15. The maximum atomic E-state index is 12.3. The molecule has 0 aliphatic heterocycles. The lowest BCUT2D eigenvalue weighted by Gasteiger charge is -2.02. The van der Waals surface area contributed by atoms with E-state index in [0.29, 0.717) is 27.7 Å². The van der Waals surface area contributed by atoms with E-state index in [1.807, 2.05) is 0 Å². The number of carbonyl (C=O) groups is 2. The Morgan fingerprint density at radius 2 is 1.89 bits per heavy atom. The summed E-state index contributed by atoms with van der Waals surface area (Å²) in [6.07, 6.45) is 0. The van der Waals surface area contributed by atoms with Crippen LogP contribution in [-0.2, 0) is 16.1 Å². The highest BCUT2D eigenvalue weighted by atomic mass is 35.5. The molecule has 27 heavy (non-hydrogen) atoms. The third-order valence-corrected chi connectivity index (χ3v) is 4.18. The zero-order chi connectivity index (χ0) is 19.6. The summed E-state index contributed by atoms with van der Waals surface area (Å²) in [7, 11) is 1.28. The number of H-pyrrole nitrogens is 1. The number of hydrogen-bond acceptors (Lipinski definition) is 7. The largest absolute Gasteiger partial charge is 0.465 e. The van der Waals surface area contributed by atoms with Crippen molar-refractivity contribution in [2.45, 2.75) is 20.5 Å². The van der Waals surface area contributed by atoms with Crippen LogP contribution in [0.15, 0.2) is 28.8 Å². The van der Waals surface area contributed by atoms with Crippen molar-refractivity contribution in [2.24, 2.45) is 0 Å². The maximum Gasteiger partial charge on any atom is 0.355 e. The summed E-state index contributed by atoms with van der Waals surface area (Å²) in [5.74, 6) is -0.665. The van der Waals surface area contributed by atoms with E-state index in [2.05, 4.69) is 15.1 Å². The fourth-order valence-electron chi connectivity index (χ4n) is 2.59. The van der Waals surface area contributed by atoms with Crippen LogP contribution in [0.25, 0.3) is 11.4 Å². The molecule has 0 fully saturated rings. The van der Waals surface area contributed by atoms with Crippen molar-refractivity contribution in [3.63, 3.8) is 0 Å². The Hall–Kier alpha value is -3.13. The smallest absolute Gasteiger partial charge is 0.355 e. The van der Waals surface area contributed by atoms with Crippen molar-refractivity contribution in [2.75, 3.05) is 7.11 Å². The molecule has 140 valence electrons. The second-order valence-electron chi connectivity index (χ2n) is 5.71. The summed E-state index contributed by atoms with van der Waals surface area (Å²) in [6.45, 7) is 3.11. The molecule has 0 atom stereocenters. The molecule has 0 saturated carbocycles. The van der Waals surface area contributed by atoms with E-state index >= 15 is 0 Å². The lowest BCUT2D eigenvalue weighted by molar-refractivity contribution is 0.0422. The third kappa shape index (κ3) is 3.85. The SMILES string of the molecule is COC(=O)c1c(C)[nH]c(C(=O)OCc2nc(-c3ccc(Cl)cc3)no2)c1C. The number of aromatic amines is 1. The van der Waals surface area contributed by atoms with Gasteiger partial charge in [-0.1, -0.05) is 16.8 Å². The number of hydrogen-bond donors (Lipinski definition) is 1. The number of methoxy groups -OCH3 is 1. The number of esters is 2. The van der Waals surface area contributed by atoms with Gasteiger partial charge in [0.05, 0.1) is 12.7 Å². The van der Waals surface area contributed by atoms with Gasteiger partial charge in [0.1, 0.15) is 5.69 Å². The van der Waals surface area contributed by atoms with Gasteiger partial charge in [-0.2, -0.15) is 4.98 Å². The first-order valence-electron chi connectivity index (χ1n) is 7.93. The number of aryl methyl sites for hydroxylation is 1. The normalized spacial score (nSPS) is 10.7. The zero-order valence-electron chi connectivity index (χ0n) is 14.8. The molecule has 0 radical (unpaired) electrons. The lowest BCUT2D eigenvalue weighted by Crippen LogP contribution is -2.08. The van der Waals surface area contributed by atoms with Gasteiger partial charge in [0.2, 0.25) is 5.82 Å². The monoisotopic (exact) mass is 389 g/mol. The first-order valence-corrected chi connectivity index (χ1v) is 8.31. The minimum Gasteiger partial charge on any atom is -0.465 e. The highest BCUT2D eigenvalue weighted by Crippen LogP contribution is 2.21. The summed E-state index contributed by atoms with van der Waals surface area (Å²) in [5, 5.41) is 4.44. The molecule has 0 saturated heterocycles. The van der Waals surface area contributed by atoms with Crippen LogP contribution in [-0.4, -0.2) is 34.2 Å². The van der Waals surface area contributed by atoms with Crippen LogP contribution in [0.5, 0.6) is 0 Å². The fraction of sp³-hybridized carbons (Fsp3) is 0.222. The predicted molar refractivity (Wildman–Crippen MR) is 95.5 cm³/mol. The summed E-state index contributed by atoms with van der Waals surface area (Å²) in [4.78, 5) is 31.1. The van der Waals surface area contributed by atoms with E-state index in [-0.39, 0.29) is 18.2 Å². The summed E-state index contributed by atoms with van der Waals surface area (Å²) >= 11 is 5.85. The van der Waals surface area contributed by atoms with Gasteiger partial charge in [0, 0.05) is 16.3 Å². The van der Waals surface area contributed by atoms with Crippen molar-refractivity contribution in [3.05, 3.63) is 57.7 Å². The molecule has 8 nitrogen and oxygen atoms in total. The molecule has 0 aliphatic rings. The molecule has 0 bridgehead atoms. The number of halogens is 1. The van der Waals surface area contributed by atoms with Crippen molar-refractivity contribution >= 4 is 23.5 Å². The fourth-order valence-corrected chi connectivity index (χ4v) is 2.72. The van der Waals surface area contributed by atoms with Gasteiger partial charge in [-0.25, -0.2) is 9.59 Å². The second kappa shape index (κ2) is 7.63. The molecule has 3 aromatic rings. The Bertz CT molecular complexity index is 991. The van der Waals surface area contributed by atoms with E-state index in [9.17, 15) is 9.59 Å². The van der Waals surface area contributed by atoms with Crippen molar-refractivity contribution < 1.29 is 23.6 Å². The van der Waals surface area contributed by atoms with Crippen molar-refractivity contribution in [3.8, 4) is 11.4 Å². The third-order valence-electron chi connectivity index (χ3n) is 3.93. The molecule has 0 amide bonds. The predicted octanol–water partition coefficient (Wildman–Crippen LogP) is 3.48. The quantitative estimate of drug-likeness (QED) is 0.665. The van der Waals surface area contributed by atoms with Crippen LogP contribution in [0.2, 0.25) is 5.02 Å². The Balaban J connectivity index is 1.70. The average Bonchev–Trinajstić information content (AvgIpc) is 3.24. The summed E-state index contributed by atoms with van der Waals surface area (Å²) in [5.41, 5.74) is 2.18. The van der Waals surface area contributed by atoms with Gasteiger partial charge in [0.15, 0.2) is 6.61 Å². The molecule has 1 N–H and O–H groups in total. The number of aromatic nitrogens is 3. The Labute approximate surface area is 159 Å². The van der Waals surface area contributed by atoms with Gasteiger partial charge in [-0.3, -0.25) is 0 Å². The first kappa shape index (κ1) is 18.7. The van der Waals surface area contributed by atoms with Gasteiger partial charge in [0.25, 0.3) is 5.89 Å². The van der Waals surface area contributed by atoms with Crippen molar-refractivity contribution in [1.29, 1.82) is 0 Å². The molecule has 0 unspecified atom stereocenters. The topological polar surface area (TPSA) is 107 Å². The molecule has 2 aromatic heterocycles. The Morgan fingerprint density at radius 3 is 2.56 bits per heavy atom. The van der Waals surface area contributed by atoms with Gasteiger partial charge in [-0.15, -0.1) is 0 Å². The van der Waals surface area contributed by atoms with Crippen LogP contribution in [0.1, 0.15) is 38.0 Å². The van der Waals surface area contributed by atoms with Crippen LogP contribution in [0.4, 0.5) is 0 Å². The lowest BCUT2D eigenvalue weighted by atomic mass is 10.1. The molecule has 3 rings (SSSR count). The number of nitrogens with one attached hydrogen (secondary N) is 1. The molecule has 0 aliphatic carbocycles. The number of ether oxygens (including phenoxy) is 2. The summed E-state index contributed by atoms with van der Waals surface area (Å²) < 4.78 is 15.0. The van der Waals surface area contributed by atoms with E-state index in [1.165, 1.54) is 7.11 Å². The molecule has 9 heteroatoms. The van der Waals surface area contributed by atoms with Gasteiger partial charge >= 0.3 is 11.9 Å². The molecular formula is C18H16ClN3O5. The summed E-state index contributed by atoms with van der Waals surface area (Å²) in [6, 6.07) is 6.93. The van der Waals surface area contributed by atoms with E-state index in [1.54, 1.807) is 38.1 Å². The van der Waals surface area contributed by atoms with E-state index in [4.69, 9.17) is 25.6 Å². The number of nitrogens with zero attached hydrogens (tertiary/aromatic N) is 2. The molecule has 0 spiro atoms.